The first-order chi connectivity index (χ1) is 15.6. The first-order valence-electron chi connectivity index (χ1n) is 10.8. The van der Waals surface area contributed by atoms with Crippen molar-refractivity contribution in [1.29, 1.82) is 0 Å². The monoisotopic (exact) mass is 461 g/mol. The van der Waals surface area contributed by atoms with Crippen molar-refractivity contribution in [3.05, 3.63) is 95.1 Å². The Balaban J connectivity index is 1.36. The molecule has 0 radical (unpaired) electrons. The van der Waals surface area contributed by atoms with Crippen molar-refractivity contribution in [2.45, 2.75) is 31.0 Å². The Hall–Kier alpha value is -2.77. The van der Waals surface area contributed by atoms with Crippen LogP contribution in [0.2, 0.25) is 0 Å². The quantitative estimate of drug-likeness (QED) is 0.459. The van der Waals surface area contributed by atoms with E-state index in [1.54, 1.807) is 12.1 Å². The lowest BCUT2D eigenvalue weighted by Crippen LogP contribution is -2.43. The first kappa shape index (κ1) is 23.4. The molecule has 0 aliphatic carbocycles. The SMILES string of the molecule is OC1(c2cccc(C(F)(F)F)c2)CCN(CCc2ccc(-c3cccc(F)c3)c(F)c2)CC1. The van der Waals surface area contributed by atoms with Crippen LogP contribution < -0.4 is 0 Å². The number of rotatable bonds is 5. The van der Waals surface area contributed by atoms with Gasteiger partial charge in [-0.3, -0.25) is 0 Å². The van der Waals surface area contributed by atoms with E-state index in [4.69, 9.17) is 0 Å². The summed E-state index contributed by atoms with van der Waals surface area (Å²) in [6.45, 7) is 1.69. The minimum Gasteiger partial charge on any atom is -0.385 e. The number of aliphatic hydroxyl groups is 1. The zero-order chi connectivity index (χ0) is 23.6. The molecule has 1 aliphatic rings. The van der Waals surface area contributed by atoms with E-state index in [2.05, 4.69) is 4.90 Å². The average molecular weight is 461 g/mol. The van der Waals surface area contributed by atoms with E-state index in [1.807, 2.05) is 6.07 Å². The number of benzene rings is 3. The van der Waals surface area contributed by atoms with E-state index in [0.717, 1.165) is 17.7 Å². The molecule has 2 nitrogen and oxygen atoms in total. The van der Waals surface area contributed by atoms with Crippen molar-refractivity contribution >= 4 is 0 Å². The second kappa shape index (κ2) is 9.23. The van der Waals surface area contributed by atoms with E-state index in [9.17, 15) is 27.1 Å². The van der Waals surface area contributed by atoms with Crippen molar-refractivity contribution in [1.82, 2.24) is 4.90 Å². The number of nitrogens with zero attached hydrogens (tertiary/aromatic N) is 1. The van der Waals surface area contributed by atoms with Crippen LogP contribution in [0.5, 0.6) is 0 Å². The molecule has 1 saturated heterocycles. The van der Waals surface area contributed by atoms with Gasteiger partial charge in [0.1, 0.15) is 11.6 Å². The summed E-state index contributed by atoms with van der Waals surface area (Å²) in [5.41, 5.74) is -0.166. The fourth-order valence-corrected chi connectivity index (χ4v) is 4.31. The maximum Gasteiger partial charge on any atom is 0.416 e. The van der Waals surface area contributed by atoms with Crippen LogP contribution in [0.25, 0.3) is 11.1 Å². The maximum absolute atomic E-state index is 14.6. The van der Waals surface area contributed by atoms with Gasteiger partial charge in [-0.15, -0.1) is 0 Å². The van der Waals surface area contributed by atoms with Crippen molar-refractivity contribution in [3.8, 4) is 11.1 Å². The van der Waals surface area contributed by atoms with Crippen LogP contribution in [0.15, 0.2) is 66.7 Å². The Morgan fingerprint density at radius 1 is 0.879 bits per heavy atom. The van der Waals surface area contributed by atoms with Gasteiger partial charge in [0.2, 0.25) is 0 Å². The molecule has 4 rings (SSSR count). The third-order valence-corrected chi connectivity index (χ3v) is 6.30. The van der Waals surface area contributed by atoms with Crippen molar-refractivity contribution in [2.75, 3.05) is 19.6 Å². The molecule has 1 fully saturated rings. The highest BCUT2D eigenvalue weighted by molar-refractivity contribution is 5.64. The van der Waals surface area contributed by atoms with E-state index in [-0.39, 0.29) is 5.56 Å². The highest BCUT2D eigenvalue weighted by Gasteiger charge is 2.36. The summed E-state index contributed by atoms with van der Waals surface area (Å²) in [7, 11) is 0. The van der Waals surface area contributed by atoms with Crippen LogP contribution in [-0.2, 0) is 18.2 Å². The Bertz CT molecular complexity index is 1120. The molecule has 3 aromatic carbocycles. The molecule has 33 heavy (non-hydrogen) atoms. The molecule has 1 N–H and O–H groups in total. The third-order valence-electron chi connectivity index (χ3n) is 6.30. The van der Waals surface area contributed by atoms with Crippen molar-refractivity contribution in [2.24, 2.45) is 0 Å². The topological polar surface area (TPSA) is 23.5 Å². The molecule has 0 spiro atoms. The fraction of sp³-hybridized carbons (Fsp3) is 0.308. The zero-order valence-corrected chi connectivity index (χ0v) is 17.9. The summed E-state index contributed by atoms with van der Waals surface area (Å²) in [5, 5.41) is 11.0. The Morgan fingerprint density at radius 3 is 2.27 bits per heavy atom. The number of likely N-dealkylation sites (tertiary alicyclic amines) is 1. The number of alkyl halides is 3. The van der Waals surface area contributed by atoms with Gasteiger partial charge in [-0.05, 0) is 66.3 Å². The van der Waals surface area contributed by atoms with E-state index in [1.165, 1.54) is 36.4 Å². The van der Waals surface area contributed by atoms with Crippen LogP contribution in [0, 0.1) is 11.6 Å². The van der Waals surface area contributed by atoms with Crippen LogP contribution in [0.1, 0.15) is 29.5 Å². The predicted octanol–water partition coefficient (Wildman–Crippen LogP) is 6.18. The molecule has 0 atom stereocenters. The van der Waals surface area contributed by atoms with Gasteiger partial charge in [0.15, 0.2) is 0 Å². The molecule has 0 amide bonds. The number of hydrogen-bond acceptors (Lipinski definition) is 2. The molecule has 1 aliphatic heterocycles. The molecule has 174 valence electrons. The lowest BCUT2D eigenvalue weighted by atomic mass is 9.83. The summed E-state index contributed by atoms with van der Waals surface area (Å²) >= 11 is 0. The molecule has 3 aromatic rings. The number of hydrogen-bond donors (Lipinski definition) is 1. The van der Waals surface area contributed by atoms with Gasteiger partial charge in [0.05, 0.1) is 11.2 Å². The van der Waals surface area contributed by atoms with Crippen LogP contribution in [-0.4, -0.2) is 29.6 Å². The fourth-order valence-electron chi connectivity index (χ4n) is 4.31. The second-order valence-electron chi connectivity index (χ2n) is 8.53. The molecule has 0 bridgehead atoms. The first-order valence-corrected chi connectivity index (χ1v) is 10.8. The Morgan fingerprint density at radius 2 is 1.61 bits per heavy atom. The standard InChI is InChI=1S/C26H24F5NO/c27-22-6-1-3-19(16-22)23-8-7-18(15-24(23)28)9-12-32-13-10-25(33,11-14-32)20-4-2-5-21(17-20)26(29,30)31/h1-8,15-17,33H,9-14H2. The number of halogens is 5. The smallest absolute Gasteiger partial charge is 0.385 e. The van der Waals surface area contributed by atoms with Crippen molar-refractivity contribution < 1.29 is 27.1 Å². The van der Waals surface area contributed by atoms with Gasteiger partial charge in [-0.2, -0.15) is 13.2 Å². The molecule has 0 unspecified atom stereocenters. The maximum atomic E-state index is 14.6. The van der Waals surface area contributed by atoms with Gasteiger partial charge < -0.3 is 10.0 Å². The predicted molar refractivity (Wildman–Crippen MR) is 117 cm³/mol. The molecule has 0 saturated carbocycles. The van der Waals surface area contributed by atoms with E-state index < -0.39 is 29.0 Å². The number of piperidine rings is 1. The van der Waals surface area contributed by atoms with Crippen LogP contribution >= 0.6 is 0 Å². The minimum atomic E-state index is -4.45. The molecule has 0 aromatic heterocycles. The molecular formula is C26H24F5NO. The zero-order valence-electron chi connectivity index (χ0n) is 17.9. The highest BCUT2D eigenvalue weighted by Crippen LogP contribution is 2.36. The largest absolute Gasteiger partial charge is 0.416 e. The summed E-state index contributed by atoms with van der Waals surface area (Å²) in [5.74, 6) is -0.846. The van der Waals surface area contributed by atoms with Gasteiger partial charge in [0, 0.05) is 25.2 Å². The second-order valence-corrected chi connectivity index (χ2v) is 8.53. The van der Waals surface area contributed by atoms with Crippen LogP contribution in [0.3, 0.4) is 0 Å². The molecular weight excluding hydrogens is 437 g/mol. The summed E-state index contributed by atoms with van der Waals surface area (Å²) in [4.78, 5) is 2.11. The molecule has 1 heterocycles. The summed E-state index contributed by atoms with van der Waals surface area (Å²) in [6, 6.07) is 15.6. The van der Waals surface area contributed by atoms with E-state index in [0.29, 0.717) is 50.0 Å². The Kier molecular flexibility index (Phi) is 6.54. The van der Waals surface area contributed by atoms with Gasteiger partial charge in [-0.25, -0.2) is 8.78 Å². The summed E-state index contributed by atoms with van der Waals surface area (Å²) in [6.07, 6.45) is -3.22. The Labute approximate surface area is 189 Å². The lowest BCUT2D eigenvalue weighted by molar-refractivity contribution is -0.137. The normalized spacial score (nSPS) is 16.7. The summed E-state index contributed by atoms with van der Waals surface area (Å²) < 4.78 is 67.1. The van der Waals surface area contributed by atoms with Gasteiger partial charge in [0.25, 0.3) is 0 Å². The minimum absolute atomic E-state index is 0.284. The molecule has 7 heteroatoms. The van der Waals surface area contributed by atoms with Crippen molar-refractivity contribution in [3.63, 3.8) is 0 Å². The van der Waals surface area contributed by atoms with Crippen LogP contribution in [0.4, 0.5) is 22.0 Å². The highest BCUT2D eigenvalue weighted by atomic mass is 19.4. The average Bonchev–Trinajstić information content (AvgIpc) is 2.78. The third kappa shape index (κ3) is 5.42. The van der Waals surface area contributed by atoms with E-state index >= 15 is 0 Å². The van der Waals surface area contributed by atoms with Gasteiger partial charge in [-0.1, -0.05) is 36.4 Å². The lowest BCUT2D eigenvalue weighted by Gasteiger charge is -2.38. The van der Waals surface area contributed by atoms with Gasteiger partial charge >= 0.3 is 6.18 Å².